The van der Waals surface area contributed by atoms with E-state index in [0.29, 0.717) is 12.5 Å². The maximum absolute atomic E-state index is 13.5. The van der Waals surface area contributed by atoms with Crippen molar-refractivity contribution in [1.82, 2.24) is 0 Å². The summed E-state index contributed by atoms with van der Waals surface area (Å²) in [5.74, 6) is -4.91. The molecule has 0 unspecified atom stereocenters. The van der Waals surface area contributed by atoms with Crippen LogP contribution in [0, 0.1) is 17.5 Å². The molecule has 0 radical (unpaired) electrons. The van der Waals surface area contributed by atoms with Crippen LogP contribution in [0.1, 0.15) is 24.8 Å². The Morgan fingerprint density at radius 2 is 1.75 bits per heavy atom. The first kappa shape index (κ1) is 11.0. The van der Waals surface area contributed by atoms with Crippen LogP contribution in [0.3, 0.4) is 0 Å². The lowest BCUT2D eigenvalue weighted by molar-refractivity contribution is -0.147. The number of hydrogen-bond acceptors (Lipinski definition) is 1. The quantitative estimate of drug-likeness (QED) is 0.793. The fourth-order valence-electron chi connectivity index (χ4n) is 2.07. The predicted octanol–water partition coefficient (Wildman–Crippen LogP) is 2.61. The van der Waals surface area contributed by atoms with Gasteiger partial charge in [0.1, 0.15) is 5.82 Å². The van der Waals surface area contributed by atoms with Gasteiger partial charge in [-0.1, -0.05) is 6.42 Å². The number of hydrogen-bond donors (Lipinski definition) is 1. The van der Waals surface area contributed by atoms with E-state index in [4.69, 9.17) is 5.11 Å². The fourth-order valence-corrected chi connectivity index (χ4v) is 2.07. The van der Waals surface area contributed by atoms with E-state index in [-0.39, 0.29) is 12.8 Å². The maximum Gasteiger partial charge on any atom is 0.314 e. The SMILES string of the molecule is O=C(O)C1(c2c(F)ccc(F)c2F)CCC1. The van der Waals surface area contributed by atoms with Crippen molar-refractivity contribution in [1.29, 1.82) is 0 Å². The summed E-state index contributed by atoms with van der Waals surface area (Å²) in [6.45, 7) is 0. The molecule has 2 nitrogen and oxygen atoms in total. The fraction of sp³-hybridized carbons (Fsp3) is 0.364. The highest BCUT2D eigenvalue weighted by Crippen LogP contribution is 2.46. The van der Waals surface area contributed by atoms with Gasteiger partial charge in [0, 0.05) is 5.56 Å². The molecule has 1 N–H and O–H groups in total. The number of benzene rings is 1. The van der Waals surface area contributed by atoms with Crippen LogP contribution in [0.4, 0.5) is 13.2 Å². The Hall–Kier alpha value is -1.52. The van der Waals surface area contributed by atoms with Gasteiger partial charge in [-0.15, -0.1) is 0 Å². The van der Waals surface area contributed by atoms with E-state index in [1.807, 2.05) is 0 Å². The zero-order valence-corrected chi connectivity index (χ0v) is 8.27. The molecule has 0 amide bonds. The average Bonchev–Trinajstić information content (AvgIpc) is 2.15. The second-order valence-electron chi connectivity index (χ2n) is 3.96. The van der Waals surface area contributed by atoms with Gasteiger partial charge >= 0.3 is 5.97 Å². The number of carboxylic acid groups (broad SMARTS) is 1. The summed E-state index contributed by atoms with van der Waals surface area (Å²) >= 11 is 0. The molecular weight excluding hydrogens is 221 g/mol. The van der Waals surface area contributed by atoms with E-state index >= 15 is 0 Å². The number of halogens is 3. The van der Waals surface area contributed by atoms with Crippen LogP contribution in [-0.4, -0.2) is 11.1 Å². The Kier molecular flexibility index (Phi) is 2.40. The number of carboxylic acids is 1. The van der Waals surface area contributed by atoms with Crippen LogP contribution >= 0.6 is 0 Å². The van der Waals surface area contributed by atoms with E-state index < -0.39 is 34.4 Å². The van der Waals surface area contributed by atoms with Crippen molar-refractivity contribution in [3.05, 3.63) is 35.1 Å². The summed E-state index contributed by atoms with van der Waals surface area (Å²) in [5.41, 5.74) is -2.23. The van der Waals surface area contributed by atoms with Gasteiger partial charge < -0.3 is 5.11 Å². The van der Waals surface area contributed by atoms with Crippen molar-refractivity contribution in [2.75, 3.05) is 0 Å². The van der Waals surface area contributed by atoms with Crippen LogP contribution in [0.15, 0.2) is 12.1 Å². The van der Waals surface area contributed by atoms with E-state index in [1.54, 1.807) is 0 Å². The molecule has 1 aliphatic carbocycles. The topological polar surface area (TPSA) is 37.3 Å². The smallest absolute Gasteiger partial charge is 0.314 e. The van der Waals surface area contributed by atoms with Crippen molar-refractivity contribution in [3.63, 3.8) is 0 Å². The van der Waals surface area contributed by atoms with Crippen LogP contribution in [-0.2, 0) is 10.2 Å². The summed E-state index contributed by atoms with van der Waals surface area (Å²) in [7, 11) is 0. The predicted molar refractivity (Wildman–Crippen MR) is 49.5 cm³/mol. The Bertz CT molecular complexity index is 453. The Morgan fingerprint density at radius 3 is 2.19 bits per heavy atom. The molecule has 1 saturated carbocycles. The molecule has 1 fully saturated rings. The molecule has 5 heteroatoms. The third kappa shape index (κ3) is 1.31. The molecule has 0 spiro atoms. The zero-order valence-electron chi connectivity index (χ0n) is 8.27. The monoisotopic (exact) mass is 230 g/mol. The van der Waals surface area contributed by atoms with Crippen molar-refractivity contribution >= 4 is 5.97 Å². The third-order valence-electron chi connectivity index (χ3n) is 3.14. The van der Waals surface area contributed by atoms with Gasteiger partial charge in [-0.05, 0) is 25.0 Å². The highest BCUT2D eigenvalue weighted by Gasteiger charge is 2.49. The van der Waals surface area contributed by atoms with Gasteiger partial charge in [0.05, 0.1) is 5.41 Å². The van der Waals surface area contributed by atoms with Crippen molar-refractivity contribution in [3.8, 4) is 0 Å². The van der Waals surface area contributed by atoms with Gasteiger partial charge in [-0.25, -0.2) is 13.2 Å². The zero-order chi connectivity index (χ0) is 11.9. The summed E-state index contributed by atoms with van der Waals surface area (Å²) in [6, 6.07) is 1.42. The van der Waals surface area contributed by atoms with E-state index in [0.717, 1.165) is 6.07 Å². The first-order chi connectivity index (χ1) is 7.49. The molecule has 0 aromatic heterocycles. The molecule has 0 bridgehead atoms. The van der Waals surface area contributed by atoms with Gasteiger partial charge in [0.2, 0.25) is 0 Å². The normalized spacial score (nSPS) is 17.9. The van der Waals surface area contributed by atoms with E-state index in [1.165, 1.54) is 0 Å². The van der Waals surface area contributed by atoms with Crippen LogP contribution in [0.25, 0.3) is 0 Å². The molecule has 86 valence electrons. The van der Waals surface area contributed by atoms with Crippen LogP contribution < -0.4 is 0 Å². The first-order valence-electron chi connectivity index (χ1n) is 4.86. The summed E-state index contributed by atoms with van der Waals surface area (Å²) in [4.78, 5) is 11.1. The Labute approximate surface area is 89.7 Å². The molecule has 1 aromatic rings. The van der Waals surface area contributed by atoms with Gasteiger partial charge in [-0.3, -0.25) is 4.79 Å². The summed E-state index contributed by atoms with van der Waals surface area (Å²) < 4.78 is 39.9. The molecule has 0 atom stereocenters. The average molecular weight is 230 g/mol. The van der Waals surface area contributed by atoms with Crippen LogP contribution in [0.5, 0.6) is 0 Å². The number of rotatable bonds is 2. The molecule has 16 heavy (non-hydrogen) atoms. The Balaban J connectivity index is 2.63. The molecule has 0 saturated heterocycles. The minimum atomic E-state index is -1.59. The van der Waals surface area contributed by atoms with Crippen molar-refractivity contribution in [2.45, 2.75) is 24.7 Å². The van der Waals surface area contributed by atoms with E-state index in [2.05, 4.69) is 0 Å². The molecule has 1 aromatic carbocycles. The van der Waals surface area contributed by atoms with Gasteiger partial charge in [0.15, 0.2) is 11.6 Å². The highest BCUT2D eigenvalue weighted by atomic mass is 19.2. The van der Waals surface area contributed by atoms with E-state index in [9.17, 15) is 18.0 Å². The standard InChI is InChI=1S/C11H9F3O2/c12-6-2-3-7(13)9(14)8(6)11(10(15)16)4-1-5-11/h2-3H,1,4-5H2,(H,15,16). The van der Waals surface area contributed by atoms with Crippen LogP contribution in [0.2, 0.25) is 0 Å². The molecule has 0 heterocycles. The Morgan fingerprint density at radius 1 is 1.19 bits per heavy atom. The lowest BCUT2D eigenvalue weighted by Gasteiger charge is -2.38. The second-order valence-corrected chi connectivity index (χ2v) is 3.96. The van der Waals surface area contributed by atoms with Crippen molar-refractivity contribution < 1.29 is 23.1 Å². The maximum atomic E-state index is 13.5. The molecule has 1 aliphatic rings. The second kappa shape index (κ2) is 3.50. The molecule has 2 rings (SSSR count). The first-order valence-corrected chi connectivity index (χ1v) is 4.86. The third-order valence-corrected chi connectivity index (χ3v) is 3.14. The highest BCUT2D eigenvalue weighted by molar-refractivity contribution is 5.82. The van der Waals surface area contributed by atoms with Gasteiger partial charge in [0.25, 0.3) is 0 Å². The number of aliphatic carboxylic acids is 1. The lowest BCUT2D eigenvalue weighted by atomic mass is 9.64. The molecule has 0 aliphatic heterocycles. The molecular formula is C11H9F3O2. The number of carbonyl (C=O) groups is 1. The summed E-state index contributed by atoms with van der Waals surface area (Å²) in [5, 5.41) is 9.02. The summed E-state index contributed by atoms with van der Waals surface area (Å²) in [6.07, 6.45) is 0.848. The van der Waals surface area contributed by atoms with Gasteiger partial charge in [-0.2, -0.15) is 0 Å². The minimum absolute atomic E-state index is 0.139. The largest absolute Gasteiger partial charge is 0.481 e. The lowest BCUT2D eigenvalue weighted by Crippen LogP contribution is -2.44. The minimum Gasteiger partial charge on any atom is -0.481 e. The van der Waals surface area contributed by atoms with Crippen molar-refractivity contribution in [2.24, 2.45) is 0 Å².